The average molecular weight is 184 g/mol. The van der Waals surface area contributed by atoms with E-state index < -0.39 is 0 Å². The Hall–Kier alpha value is -0.700. The molecule has 0 amide bonds. The number of ether oxygens (including phenoxy) is 1. The molecule has 0 saturated heterocycles. The summed E-state index contributed by atoms with van der Waals surface area (Å²) in [6.45, 7) is 7.36. The van der Waals surface area contributed by atoms with E-state index in [0.717, 1.165) is 19.7 Å². The standard InChI is InChI=1S/C10H20N2O/c1-4-5-11-6-7-12(10(11)2)8-9-13-3/h6-7,10H,4-5,8-9H2,1-3H3. The molecule has 1 aliphatic rings. The Bertz CT molecular complexity index is 170. The second-order valence-electron chi connectivity index (χ2n) is 3.40. The third-order valence-electron chi connectivity index (χ3n) is 2.44. The van der Waals surface area contributed by atoms with Crippen molar-refractivity contribution in [2.24, 2.45) is 0 Å². The highest BCUT2D eigenvalue weighted by molar-refractivity contribution is 4.94. The molecule has 1 atom stereocenters. The van der Waals surface area contributed by atoms with Gasteiger partial charge in [0.25, 0.3) is 0 Å². The molecule has 0 aromatic rings. The molecule has 0 fully saturated rings. The molecule has 0 radical (unpaired) electrons. The molecule has 0 saturated carbocycles. The van der Waals surface area contributed by atoms with E-state index in [1.165, 1.54) is 6.42 Å². The Balaban J connectivity index is 2.32. The van der Waals surface area contributed by atoms with Gasteiger partial charge < -0.3 is 14.5 Å². The van der Waals surface area contributed by atoms with Gasteiger partial charge in [-0.1, -0.05) is 6.92 Å². The molecule has 1 rings (SSSR count). The number of methoxy groups -OCH3 is 1. The van der Waals surface area contributed by atoms with Crippen LogP contribution in [0.4, 0.5) is 0 Å². The van der Waals surface area contributed by atoms with Crippen molar-refractivity contribution in [3.63, 3.8) is 0 Å². The third kappa shape index (κ3) is 2.62. The summed E-state index contributed by atoms with van der Waals surface area (Å²) in [6, 6.07) is 0. The maximum absolute atomic E-state index is 5.05. The van der Waals surface area contributed by atoms with Gasteiger partial charge in [0.2, 0.25) is 0 Å². The number of hydrogen-bond donors (Lipinski definition) is 0. The molecule has 0 bridgehead atoms. The highest BCUT2D eigenvalue weighted by Gasteiger charge is 2.19. The highest BCUT2D eigenvalue weighted by atomic mass is 16.5. The summed E-state index contributed by atoms with van der Waals surface area (Å²) in [6.07, 6.45) is 6.02. The molecule has 0 spiro atoms. The highest BCUT2D eigenvalue weighted by Crippen LogP contribution is 2.14. The summed E-state index contributed by atoms with van der Waals surface area (Å²) in [5.41, 5.74) is 0. The van der Waals surface area contributed by atoms with Crippen molar-refractivity contribution in [3.05, 3.63) is 12.4 Å². The summed E-state index contributed by atoms with van der Waals surface area (Å²) in [4.78, 5) is 4.66. The zero-order valence-electron chi connectivity index (χ0n) is 8.86. The van der Waals surface area contributed by atoms with E-state index in [4.69, 9.17) is 4.74 Å². The first-order valence-corrected chi connectivity index (χ1v) is 4.98. The monoisotopic (exact) mass is 184 g/mol. The van der Waals surface area contributed by atoms with Crippen LogP contribution in [0.15, 0.2) is 12.4 Å². The van der Waals surface area contributed by atoms with Crippen LogP contribution in [0.1, 0.15) is 20.3 Å². The predicted octanol–water partition coefficient (Wildman–Crippen LogP) is 1.48. The van der Waals surface area contributed by atoms with Gasteiger partial charge in [0, 0.05) is 32.6 Å². The normalized spacial score (nSPS) is 21.6. The van der Waals surface area contributed by atoms with Gasteiger partial charge in [0.05, 0.1) is 12.8 Å². The number of rotatable bonds is 5. The quantitative estimate of drug-likeness (QED) is 0.643. The number of nitrogens with zero attached hydrogens (tertiary/aromatic N) is 2. The first kappa shape index (κ1) is 10.4. The van der Waals surface area contributed by atoms with Gasteiger partial charge in [-0.15, -0.1) is 0 Å². The Morgan fingerprint density at radius 2 is 1.85 bits per heavy atom. The van der Waals surface area contributed by atoms with Crippen LogP contribution < -0.4 is 0 Å². The third-order valence-corrected chi connectivity index (χ3v) is 2.44. The molecule has 0 aromatic heterocycles. The molecule has 1 heterocycles. The molecule has 76 valence electrons. The molecule has 3 nitrogen and oxygen atoms in total. The Labute approximate surface area is 81.0 Å². The molecular weight excluding hydrogens is 164 g/mol. The average Bonchev–Trinajstić information content (AvgIpc) is 2.46. The fourth-order valence-corrected chi connectivity index (χ4v) is 1.59. The zero-order valence-corrected chi connectivity index (χ0v) is 8.86. The predicted molar refractivity (Wildman–Crippen MR) is 54.2 cm³/mol. The second-order valence-corrected chi connectivity index (χ2v) is 3.40. The maximum Gasteiger partial charge on any atom is 0.0978 e. The van der Waals surface area contributed by atoms with Crippen molar-refractivity contribution in [3.8, 4) is 0 Å². The first-order chi connectivity index (χ1) is 6.29. The fourth-order valence-electron chi connectivity index (χ4n) is 1.59. The lowest BCUT2D eigenvalue weighted by Gasteiger charge is -2.29. The smallest absolute Gasteiger partial charge is 0.0978 e. The molecule has 3 heteroatoms. The summed E-state index contributed by atoms with van der Waals surface area (Å²) in [5.74, 6) is 0. The zero-order chi connectivity index (χ0) is 9.68. The van der Waals surface area contributed by atoms with E-state index in [1.807, 2.05) is 0 Å². The van der Waals surface area contributed by atoms with Crippen LogP contribution in [-0.2, 0) is 4.74 Å². The lowest BCUT2D eigenvalue weighted by atomic mass is 10.4. The van der Waals surface area contributed by atoms with E-state index in [9.17, 15) is 0 Å². The van der Waals surface area contributed by atoms with Crippen LogP contribution >= 0.6 is 0 Å². The minimum absolute atomic E-state index is 0.495. The molecule has 0 aromatic carbocycles. The van der Waals surface area contributed by atoms with Gasteiger partial charge in [-0.05, 0) is 13.3 Å². The molecule has 1 aliphatic heterocycles. The molecule has 13 heavy (non-hydrogen) atoms. The van der Waals surface area contributed by atoms with Gasteiger partial charge >= 0.3 is 0 Å². The van der Waals surface area contributed by atoms with Crippen LogP contribution in [0.25, 0.3) is 0 Å². The van der Waals surface area contributed by atoms with Gasteiger partial charge in [0.1, 0.15) is 0 Å². The Kier molecular flexibility index (Phi) is 4.09. The van der Waals surface area contributed by atoms with Crippen molar-refractivity contribution >= 4 is 0 Å². The van der Waals surface area contributed by atoms with Gasteiger partial charge in [-0.2, -0.15) is 0 Å². The van der Waals surface area contributed by atoms with Crippen LogP contribution in [0.2, 0.25) is 0 Å². The van der Waals surface area contributed by atoms with Gasteiger partial charge in [0.15, 0.2) is 0 Å². The first-order valence-electron chi connectivity index (χ1n) is 4.98. The van der Waals surface area contributed by atoms with Crippen LogP contribution in [0.3, 0.4) is 0 Å². The van der Waals surface area contributed by atoms with Crippen LogP contribution in [0.5, 0.6) is 0 Å². The summed E-state index contributed by atoms with van der Waals surface area (Å²) in [5, 5.41) is 0. The van der Waals surface area contributed by atoms with Crippen molar-refractivity contribution in [2.75, 3.05) is 26.8 Å². The Morgan fingerprint density at radius 1 is 1.23 bits per heavy atom. The van der Waals surface area contributed by atoms with Crippen molar-refractivity contribution < 1.29 is 4.74 Å². The van der Waals surface area contributed by atoms with Crippen LogP contribution in [0, 0.1) is 0 Å². The van der Waals surface area contributed by atoms with Crippen molar-refractivity contribution in [1.29, 1.82) is 0 Å². The van der Waals surface area contributed by atoms with E-state index in [1.54, 1.807) is 7.11 Å². The molecule has 0 aliphatic carbocycles. The van der Waals surface area contributed by atoms with E-state index in [-0.39, 0.29) is 0 Å². The van der Waals surface area contributed by atoms with Crippen molar-refractivity contribution in [2.45, 2.75) is 26.4 Å². The molecule has 0 N–H and O–H groups in total. The minimum atomic E-state index is 0.495. The molecular formula is C10H20N2O. The summed E-state index contributed by atoms with van der Waals surface area (Å²) < 4.78 is 5.05. The maximum atomic E-state index is 5.05. The van der Waals surface area contributed by atoms with Crippen LogP contribution in [-0.4, -0.2) is 42.8 Å². The van der Waals surface area contributed by atoms with Gasteiger partial charge in [-0.25, -0.2) is 0 Å². The van der Waals surface area contributed by atoms with E-state index >= 15 is 0 Å². The minimum Gasteiger partial charge on any atom is -0.383 e. The van der Waals surface area contributed by atoms with E-state index in [0.29, 0.717) is 6.17 Å². The van der Waals surface area contributed by atoms with E-state index in [2.05, 4.69) is 36.0 Å². The lowest BCUT2D eigenvalue weighted by molar-refractivity contribution is 0.119. The largest absolute Gasteiger partial charge is 0.383 e. The Morgan fingerprint density at radius 3 is 2.38 bits per heavy atom. The second kappa shape index (κ2) is 5.12. The summed E-state index contributed by atoms with van der Waals surface area (Å²) in [7, 11) is 1.74. The summed E-state index contributed by atoms with van der Waals surface area (Å²) >= 11 is 0. The SMILES string of the molecule is CCCN1C=CN(CCOC)C1C. The number of hydrogen-bond acceptors (Lipinski definition) is 3. The molecule has 1 unspecified atom stereocenters. The van der Waals surface area contributed by atoms with Gasteiger partial charge in [-0.3, -0.25) is 0 Å². The van der Waals surface area contributed by atoms with Crippen molar-refractivity contribution in [1.82, 2.24) is 9.80 Å². The fraction of sp³-hybridized carbons (Fsp3) is 0.800. The lowest BCUT2D eigenvalue weighted by Crippen LogP contribution is -2.37. The topological polar surface area (TPSA) is 15.7 Å².